The van der Waals surface area contributed by atoms with Crippen LogP contribution in [0.2, 0.25) is 8.84 Å². The van der Waals surface area contributed by atoms with Crippen LogP contribution in [0.4, 0.5) is 0 Å². The molecule has 0 saturated heterocycles. The second-order valence-corrected chi connectivity index (χ2v) is 25.9. The molecule has 4 heteroatoms. The Morgan fingerprint density at radius 2 is 1.74 bits per heavy atom. The molecule has 157 valence electrons. The molecule has 0 radical (unpaired) electrons. The Kier molecular flexibility index (Phi) is 5.82. The molecule has 0 aromatic heterocycles. The predicted molar refractivity (Wildman–Crippen MR) is 134 cm³/mol. The average Bonchev–Trinajstić information content (AvgIpc) is 3.54. The number of allylic oxidation sites excluding steroid dienone is 12. The Morgan fingerprint density at radius 3 is 2.32 bits per heavy atom. The summed E-state index contributed by atoms with van der Waals surface area (Å²) in [6, 6.07) is 12.2. The normalized spacial score (nSPS) is 29.4. The van der Waals surface area contributed by atoms with Crippen LogP contribution in [0.3, 0.4) is 0 Å². The van der Waals surface area contributed by atoms with E-state index in [0.717, 1.165) is 0 Å². The van der Waals surface area contributed by atoms with Crippen LogP contribution in [0.1, 0.15) is 39.2 Å². The first kappa shape index (κ1) is 22.0. The molecule has 1 aliphatic heterocycles. The maximum atomic E-state index is 7.14. The summed E-state index contributed by atoms with van der Waals surface area (Å²) in [5.74, 6) is 0.661. The van der Waals surface area contributed by atoms with Crippen molar-refractivity contribution in [1.82, 2.24) is 0 Å². The summed E-state index contributed by atoms with van der Waals surface area (Å²) in [5, 5.41) is 0. The van der Waals surface area contributed by atoms with E-state index in [2.05, 4.69) is 94.1 Å². The third-order valence-electron chi connectivity index (χ3n) is 7.48. The molecule has 0 saturated carbocycles. The van der Waals surface area contributed by atoms with Gasteiger partial charge in [-0.3, -0.25) is 0 Å². The Hall–Kier alpha value is -0.803. The van der Waals surface area contributed by atoms with Crippen molar-refractivity contribution in [3.8, 4) is 0 Å². The van der Waals surface area contributed by atoms with Crippen LogP contribution < -0.4 is 0 Å². The zero-order valence-electron chi connectivity index (χ0n) is 18.5. The van der Waals surface area contributed by atoms with Crippen molar-refractivity contribution in [1.29, 1.82) is 0 Å². The van der Waals surface area contributed by atoms with Crippen molar-refractivity contribution in [2.24, 2.45) is 5.92 Å². The summed E-state index contributed by atoms with van der Waals surface area (Å²) in [6.07, 6.45) is 11.5. The van der Waals surface area contributed by atoms with Crippen LogP contribution in [-0.2, 0) is 19.1 Å². The second-order valence-electron chi connectivity index (χ2n) is 9.11. The van der Waals surface area contributed by atoms with Gasteiger partial charge in [-0.1, -0.05) is 0 Å². The topological polar surface area (TPSA) is 0 Å². The third kappa shape index (κ3) is 3.28. The van der Waals surface area contributed by atoms with E-state index in [1.807, 2.05) is 0 Å². The first-order chi connectivity index (χ1) is 14.9. The monoisotopic (exact) mass is 629 g/mol. The first-order valence-electron chi connectivity index (χ1n) is 11.0. The number of hydrogen-bond acceptors (Lipinski definition) is 0. The number of hydrogen-bond donors (Lipinski definition) is 0. The fourth-order valence-corrected chi connectivity index (χ4v) is 26.0. The van der Waals surface area contributed by atoms with E-state index in [0.29, 0.717) is 5.92 Å². The van der Waals surface area contributed by atoms with Crippen LogP contribution in [0.25, 0.3) is 0 Å². The molecule has 1 heterocycles. The zero-order chi connectivity index (χ0) is 21.9. The van der Waals surface area contributed by atoms with Crippen molar-refractivity contribution < 1.29 is 19.1 Å². The third-order valence-corrected chi connectivity index (χ3v) is 27.0. The quantitative estimate of drug-likeness (QED) is 0.297. The van der Waals surface area contributed by atoms with E-state index in [1.54, 1.807) is 0 Å². The summed E-state index contributed by atoms with van der Waals surface area (Å²) in [6.45, 7) is 9.27. The Labute approximate surface area is 202 Å². The van der Waals surface area contributed by atoms with Gasteiger partial charge in [0.1, 0.15) is 0 Å². The molecule has 1 aromatic carbocycles. The van der Waals surface area contributed by atoms with Crippen molar-refractivity contribution in [3.05, 3.63) is 105 Å². The molecule has 1 aromatic rings. The van der Waals surface area contributed by atoms with Crippen LogP contribution in [0.15, 0.2) is 99.7 Å². The first-order valence-corrected chi connectivity index (χ1v) is 23.5. The van der Waals surface area contributed by atoms with E-state index in [1.165, 1.54) is 50.6 Å². The summed E-state index contributed by atoms with van der Waals surface area (Å²) < 4.78 is -0.0395. The van der Waals surface area contributed by atoms with E-state index in [4.69, 9.17) is 17.2 Å². The summed E-state index contributed by atoms with van der Waals surface area (Å²) in [4.78, 5) is 0. The van der Waals surface area contributed by atoms with Crippen LogP contribution in [-0.4, -0.2) is 14.1 Å². The van der Waals surface area contributed by atoms with Gasteiger partial charge in [0, 0.05) is 0 Å². The van der Waals surface area contributed by atoms with Crippen molar-refractivity contribution in [2.45, 2.75) is 42.5 Å². The Balaban J connectivity index is 1.84. The minimum atomic E-state index is -2.92. The van der Waals surface area contributed by atoms with Crippen LogP contribution in [0.5, 0.6) is 0 Å². The average molecular weight is 629 g/mol. The number of halogens is 2. The molecule has 0 fully saturated rings. The van der Waals surface area contributed by atoms with Crippen LogP contribution in [0, 0.1) is 5.92 Å². The SMILES string of the molecule is CC1=CC(C)=C(C2=C(C)[C]([Si]3=CC3)([Hf]([Cl])[Cl])C3=C2C(c2ccccc2)C=CC=C3)C1C. The van der Waals surface area contributed by atoms with E-state index < -0.39 is 27.5 Å². The van der Waals surface area contributed by atoms with E-state index in [-0.39, 0.29) is 8.71 Å². The Morgan fingerprint density at radius 1 is 1.03 bits per heavy atom. The second kappa shape index (κ2) is 8.20. The molecule has 3 unspecified atom stereocenters. The molecule has 0 N–H and O–H groups in total. The van der Waals surface area contributed by atoms with Gasteiger partial charge in [0.15, 0.2) is 0 Å². The molecule has 5 rings (SSSR count). The number of rotatable bonds is 4. The molecule has 0 nitrogen and oxygen atoms in total. The van der Waals surface area contributed by atoms with Crippen molar-refractivity contribution >= 4 is 31.2 Å². The zero-order valence-corrected chi connectivity index (χ0v) is 24.6. The summed E-state index contributed by atoms with van der Waals surface area (Å²) in [5.41, 5.74) is 14.1. The van der Waals surface area contributed by atoms with E-state index in [9.17, 15) is 0 Å². The van der Waals surface area contributed by atoms with Gasteiger partial charge in [-0.05, 0) is 0 Å². The standard InChI is InChI=1S/C27H27Si.2ClH.Hf/c1-17-16-18(2)24(19(17)3)25-20(4)27(28-14-15-28)23-13-9-8-12-22(26(23)25)21-10-6-5-7-11-21;;;/h5-14,16,19,22H,15H2,1-4H3;2*1H;/q;;;+2/p-2. The Bertz CT molecular complexity index is 1180. The van der Waals surface area contributed by atoms with Gasteiger partial charge in [0.2, 0.25) is 0 Å². The van der Waals surface area contributed by atoms with Gasteiger partial charge in [-0.2, -0.15) is 0 Å². The van der Waals surface area contributed by atoms with Crippen molar-refractivity contribution in [2.75, 3.05) is 0 Å². The van der Waals surface area contributed by atoms with Gasteiger partial charge in [-0.25, -0.2) is 0 Å². The van der Waals surface area contributed by atoms with Gasteiger partial charge in [0.05, 0.1) is 0 Å². The minimum absolute atomic E-state index is 0.0395. The summed E-state index contributed by atoms with van der Waals surface area (Å²) >= 11 is -2.92. The fraction of sp³-hybridized carbons (Fsp3) is 0.296. The van der Waals surface area contributed by atoms with Crippen LogP contribution >= 0.6 is 17.2 Å². The molecule has 31 heavy (non-hydrogen) atoms. The molecule has 0 bridgehead atoms. The molecule has 0 amide bonds. The summed E-state index contributed by atoms with van der Waals surface area (Å²) in [7, 11) is 13.6. The predicted octanol–water partition coefficient (Wildman–Crippen LogP) is 7.95. The van der Waals surface area contributed by atoms with Crippen molar-refractivity contribution in [3.63, 3.8) is 0 Å². The molecule has 0 spiro atoms. The van der Waals surface area contributed by atoms with E-state index >= 15 is 0 Å². The molecule has 4 aliphatic rings. The van der Waals surface area contributed by atoms with Gasteiger partial charge < -0.3 is 0 Å². The molecule has 3 atom stereocenters. The van der Waals surface area contributed by atoms with Gasteiger partial charge in [-0.15, -0.1) is 0 Å². The molecular weight excluding hydrogens is 602 g/mol. The fourth-order valence-electron chi connectivity index (χ4n) is 5.84. The van der Waals surface area contributed by atoms with Gasteiger partial charge in [0.25, 0.3) is 0 Å². The maximum absolute atomic E-state index is 7.14. The van der Waals surface area contributed by atoms with Gasteiger partial charge >= 0.3 is 204 Å². The molecule has 3 aliphatic carbocycles. The number of benzene rings is 1. The molecular formula is C27H27Cl2HfSi.